The molecule has 2 rings (SSSR count). The molecule has 0 radical (unpaired) electrons. The predicted octanol–water partition coefficient (Wildman–Crippen LogP) is 3.47. The summed E-state index contributed by atoms with van der Waals surface area (Å²) in [5, 5.41) is 2.91. The van der Waals surface area contributed by atoms with E-state index in [1.165, 1.54) is 17.8 Å². The molecular weight excluding hydrogens is 325 g/mol. The molecule has 1 aromatic carbocycles. The van der Waals surface area contributed by atoms with Gasteiger partial charge in [-0.1, -0.05) is 18.3 Å². The van der Waals surface area contributed by atoms with Crippen molar-refractivity contribution in [3.63, 3.8) is 0 Å². The molecule has 0 amide bonds. The lowest BCUT2D eigenvalue weighted by molar-refractivity contribution is 0.602. The number of hydrogen-bond donors (Lipinski definition) is 3. The minimum atomic E-state index is -0.338. The topological polar surface area (TPSA) is 89.3 Å². The molecule has 5 nitrogen and oxygen atoms in total. The van der Waals surface area contributed by atoms with E-state index in [1.807, 2.05) is 12.1 Å². The Morgan fingerprint density at radius 3 is 2.62 bits per heavy atom. The van der Waals surface area contributed by atoms with Crippen LogP contribution >= 0.6 is 11.8 Å². The standard InChI is InChI=1S/C17H18FN5S/c1-11(22-12(2)19)9-17(20)23-13-3-4-16(15(18)10-13)24-14-5-7-21-8-6-14/h3-10,23H,2,19-20H2,1H3/b17-9+,22-11-. The molecule has 1 heterocycles. The monoisotopic (exact) mass is 343 g/mol. The summed E-state index contributed by atoms with van der Waals surface area (Å²) in [5.41, 5.74) is 12.4. The first kappa shape index (κ1) is 17.6. The van der Waals surface area contributed by atoms with Gasteiger partial charge in [0.1, 0.15) is 17.5 Å². The first-order valence-corrected chi connectivity index (χ1v) is 7.87. The number of nitrogens with one attached hydrogen (secondary N) is 1. The Morgan fingerprint density at radius 1 is 1.29 bits per heavy atom. The number of aromatic nitrogens is 1. The molecule has 7 heteroatoms. The molecule has 0 aliphatic heterocycles. The van der Waals surface area contributed by atoms with Crippen molar-refractivity contribution >= 4 is 23.2 Å². The summed E-state index contributed by atoms with van der Waals surface area (Å²) in [4.78, 5) is 9.33. The summed E-state index contributed by atoms with van der Waals surface area (Å²) >= 11 is 1.33. The molecule has 2 aromatic rings. The smallest absolute Gasteiger partial charge is 0.139 e. The van der Waals surface area contributed by atoms with Crippen LogP contribution < -0.4 is 16.8 Å². The number of aliphatic imine (C=N–C) groups is 1. The van der Waals surface area contributed by atoms with Gasteiger partial charge in [-0.2, -0.15) is 0 Å². The van der Waals surface area contributed by atoms with Gasteiger partial charge in [0.05, 0.1) is 0 Å². The van der Waals surface area contributed by atoms with E-state index in [0.717, 1.165) is 4.90 Å². The van der Waals surface area contributed by atoms with Crippen LogP contribution in [0.3, 0.4) is 0 Å². The SMILES string of the molecule is C=C(N)/N=C(C)\C=C(/N)Nc1ccc(Sc2ccncc2)c(F)c1. The lowest BCUT2D eigenvalue weighted by atomic mass is 10.3. The van der Waals surface area contributed by atoms with Crippen LogP contribution in [0.5, 0.6) is 0 Å². The second-order valence-corrected chi connectivity index (χ2v) is 6.01. The minimum absolute atomic E-state index is 0.195. The van der Waals surface area contributed by atoms with Gasteiger partial charge in [-0.15, -0.1) is 0 Å². The van der Waals surface area contributed by atoms with E-state index in [9.17, 15) is 4.39 Å². The first-order valence-electron chi connectivity index (χ1n) is 7.05. The summed E-state index contributed by atoms with van der Waals surface area (Å²) in [6.45, 7) is 5.22. The molecule has 0 unspecified atom stereocenters. The highest BCUT2D eigenvalue weighted by Gasteiger charge is 2.06. The van der Waals surface area contributed by atoms with Crippen molar-refractivity contribution in [1.82, 2.24) is 4.98 Å². The predicted molar refractivity (Wildman–Crippen MR) is 97.1 cm³/mol. The zero-order valence-corrected chi connectivity index (χ0v) is 14.0. The van der Waals surface area contributed by atoms with E-state index in [2.05, 4.69) is 21.9 Å². The van der Waals surface area contributed by atoms with Crippen LogP contribution in [0.15, 0.2) is 81.8 Å². The zero-order chi connectivity index (χ0) is 17.5. The third kappa shape index (κ3) is 5.44. The summed E-state index contributed by atoms with van der Waals surface area (Å²) < 4.78 is 14.2. The molecule has 0 atom stereocenters. The van der Waals surface area contributed by atoms with Crippen LogP contribution in [0.4, 0.5) is 10.1 Å². The van der Waals surface area contributed by atoms with Gasteiger partial charge in [-0.25, -0.2) is 9.38 Å². The Labute approximate surface area is 144 Å². The van der Waals surface area contributed by atoms with Crippen molar-refractivity contribution in [2.45, 2.75) is 16.7 Å². The summed E-state index contributed by atoms with van der Waals surface area (Å²) in [6.07, 6.45) is 4.93. The number of nitrogens with zero attached hydrogens (tertiary/aromatic N) is 2. The number of halogens is 1. The van der Waals surface area contributed by atoms with E-state index < -0.39 is 0 Å². The largest absolute Gasteiger partial charge is 0.385 e. The highest BCUT2D eigenvalue weighted by Crippen LogP contribution is 2.30. The Hall–Kier alpha value is -2.80. The molecule has 0 bridgehead atoms. The molecule has 0 aliphatic carbocycles. The molecule has 0 aliphatic rings. The highest BCUT2D eigenvalue weighted by atomic mass is 32.2. The third-order valence-corrected chi connectivity index (χ3v) is 3.84. The lowest BCUT2D eigenvalue weighted by Gasteiger charge is -2.09. The van der Waals surface area contributed by atoms with E-state index in [-0.39, 0.29) is 11.6 Å². The van der Waals surface area contributed by atoms with Crippen LogP contribution in [-0.4, -0.2) is 10.7 Å². The first-order chi connectivity index (χ1) is 11.4. The molecule has 0 spiro atoms. The van der Waals surface area contributed by atoms with Crippen LogP contribution in [0, 0.1) is 5.82 Å². The number of benzene rings is 1. The molecule has 24 heavy (non-hydrogen) atoms. The fourth-order valence-electron chi connectivity index (χ4n) is 1.88. The van der Waals surface area contributed by atoms with Gasteiger partial charge < -0.3 is 16.8 Å². The number of hydrogen-bond acceptors (Lipinski definition) is 6. The Kier molecular flexibility index (Phi) is 5.97. The zero-order valence-electron chi connectivity index (χ0n) is 13.2. The minimum Gasteiger partial charge on any atom is -0.385 e. The van der Waals surface area contributed by atoms with Crippen molar-refractivity contribution < 1.29 is 4.39 Å². The number of rotatable bonds is 6. The summed E-state index contributed by atoms with van der Waals surface area (Å²) in [7, 11) is 0. The summed E-state index contributed by atoms with van der Waals surface area (Å²) in [5.74, 6) is 0.182. The fourth-order valence-corrected chi connectivity index (χ4v) is 2.69. The Bertz CT molecular complexity index is 787. The van der Waals surface area contributed by atoms with Gasteiger partial charge in [0.2, 0.25) is 0 Å². The van der Waals surface area contributed by atoms with Crippen molar-refractivity contribution in [3.05, 3.63) is 72.8 Å². The van der Waals surface area contributed by atoms with E-state index in [4.69, 9.17) is 11.5 Å². The number of anilines is 1. The van der Waals surface area contributed by atoms with Gasteiger partial charge in [0.15, 0.2) is 0 Å². The van der Waals surface area contributed by atoms with Gasteiger partial charge in [0, 0.05) is 33.6 Å². The number of pyridine rings is 1. The molecule has 0 saturated carbocycles. The maximum atomic E-state index is 14.2. The maximum Gasteiger partial charge on any atom is 0.139 e. The average Bonchev–Trinajstić information content (AvgIpc) is 2.50. The average molecular weight is 343 g/mol. The van der Waals surface area contributed by atoms with Gasteiger partial charge >= 0.3 is 0 Å². The lowest BCUT2D eigenvalue weighted by Crippen LogP contribution is -2.11. The molecule has 0 saturated heterocycles. The van der Waals surface area contributed by atoms with E-state index in [1.54, 1.807) is 37.5 Å². The quantitative estimate of drug-likeness (QED) is 0.699. The normalized spacial score (nSPS) is 12.1. The van der Waals surface area contributed by atoms with Crippen LogP contribution in [-0.2, 0) is 0 Å². The number of nitrogens with two attached hydrogens (primary N) is 2. The van der Waals surface area contributed by atoms with Gasteiger partial charge in [-0.05, 0) is 43.3 Å². The van der Waals surface area contributed by atoms with Gasteiger partial charge in [0.25, 0.3) is 0 Å². The van der Waals surface area contributed by atoms with E-state index >= 15 is 0 Å². The Balaban J connectivity index is 2.09. The third-order valence-electron chi connectivity index (χ3n) is 2.78. The van der Waals surface area contributed by atoms with Crippen LogP contribution in [0.1, 0.15) is 6.92 Å². The van der Waals surface area contributed by atoms with Crippen molar-refractivity contribution in [1.29, 1.82) is 0 Å². The van der Waals surface area contributed by atoms with Crippen LogP contribution in [0.2, 0.25) is 0 Å². The highest BCUT2D eigenvalue weighted by molar-refractivity contribution is 7.99. The molecule has 0 fully saturated rings. The molecule has 5 N–H and O–H groups in total. The van der Waals surface area contributed by atoms with Crippen LogP contribution in [0.25, 0.3) is 0 Å². The van der Waals surface area contributed by atoms with Crippen molar-refractivity contribution in [2.24, 2.45) is 16.5 Å². The fraction of sp³-hybridized carbons (Fsp3) is 0.0588. The maximum absolute atomic E-state index is 14.2. The number of allylic oxidation sites excluding steroid dienone is 1. The summed E-state index contributed by atoms with van der Waals surface area (Å²) in [6, 6.07) is 8.48. The molecular formula is C17H18FN5S. The molecule has 124 valence electrons. The second kappa shape index (κ2) is 8.16. The van der Waals surface area contributed by atoms with Gasteiger partial charge in [-0.3, -0.25) is 4.98 Å². The van der Waals surface area contributed by atoms with Crippen molar-refractivity contribution in [3.8, 4) is 0 Å². The second-order valence-electron chi connectivity index (χ2n) is 4.90. The van der Waals surface area contributed by atoms with E-state index in [0.29, 0.717) is 22.1 Å². The Morgan fingerprint density at radius 2 is 2.00 bits per heavy atom. The molecule has 1 aromatic heterocycles. The van der Waals surface area contributed by atoms with Crippen molar-refractivity contribution in [2.75, 3.05) is 5.32 Å².